The van der Waals surface area contributed by atoms with Gasteiger partial charge in [0.1, 0.15) is 0 Å². The van der Waals surface area contributed by atoms with Crippen LogP contribution < -0.4 is 5.56 Å². The molecule has 0 aliphatic carbocycles. The first-order valence-electron chi connectivity index (χ1n) is 6.28. The Morgan fingerprint density at radius 1 is 1.25 bits per heavy atom. The van der Waals surface area contributed by atoms with E-state index in [1.165, 1.54) is 0 Å². The molecule has 0 amide bonds. The summed E-state index contributed by atoms with van der Waals surface area (Å²) in [6, 6.07) is 11.3. The smallest absolute Gasteiger partial charge is 0.262 e. The Kier molecular flexibility index (Phi) is 3.20. The average Bonchev–Trinajstić information content (AvgIpc) is 2.45. The molecule has 3 rings (SSSR count). The number of aryl methyl sites for hydroxylation is 1. The van der Waals surface area contributed by atoms with Crippen LogP contribution in [0, 0.1) is 11.7 Å². The highest BCUT2D eigenvalue weighted by Gasteiger charge is 2.05. The summed E-state index contributed by atoms with van der Waals surface area (Å²) in [5.74, 6) is 0. The minimum Gasteiger partial charge on any atom is -0.332 e. The van der Waals surface area contributed by atoms with E-state index in [1.54, 1.807) is 16.8 Å². The third kappa shape index (κ3) is 2.28. The maximum absolute atomic E-state index is 12.5. The number of aromatic amines is 1. The van der Waals surface area contributed by atoms with Crippen molar-refractivity contribution < 1.29 is 0 Å². The molecule has 2 heterocycles. The number of rotatable bonds is 2. The van der Waals surface area contributed by atoms with Crippen molar-refractivity contribution >= 4 is 23.1 Å². The fraction of sp³-hybridized carbons (Fsp3) is 0.133. The van der Waals surface area contributed by atoms with Crippen LogP contribution in [-0.2, 0) is 6.54 Å². The van der Waals surface area contributed by atoms with E-state index in [0.717, 1.165) is 16.8 Å². The van der Waals surface area contributed by atoms with E-state index in [1.807, 2.05) is 37.3 Å². The zero-order valence-corrected chi connectivity index (χ0v) is 11.8. The van der Waals surface area contributed by atoms with Crippen molar-refractivity contribution in [2.45, 2.75) is 13.5 Å². The molecule has 2 aromatic heterocycles. The Morgan fingerprint density at radius 3 is 2.80 bits per heavy atom. The summed E-state index contributed by atoms with van der Waals surface area (Å²) in [4.78, 5) is 19.8. The van der Waals surface area contributed by atoms with Crippen molar-refractivity contribution in [3.63, 3.8) is 0 Å². The molecule has 0 aliphatic rings. The van der Waals surface area contributed by atoms with Gasteiger partial charge in [-0.1, -0.05) is 18.2 Å². The van der Waals surface area contributed by atoms with Crippen LogP contribution >= 0.6 is 12.2 Å². The van der Waals surface area contributed by atoms with E-state index in [4.69, 9.17) is 12.2 Å². The second-order valence-corrected chi connectivity index (χ2v) is 5.06. The summed E-state index contributed by atoms with van der Waals surface area (Å²) in [5.41, 5.74) is 2.59. The zero-order valence-electron chi connectivity index (χ0n) is 11.0. The molecular weight excluding hydrogens is 270 g/mol. The molecule has 0 saturated carbocycles. The Balaban J connectivity index is 2.14. The van der Waals surface area contributed by atoms with E-state index in [0.29, 0.717) is 16.7 Å². The molecule has 0 saturated heterocycles. The summed E-state index contributed by atoms with van der Waals surface area (Å²) in [5, 5.41) is 0.640. The highest BCUT2D eigenvalue weighted by Crippen LogP contribution is 2.07. The molecule has 1 N–H and O–H groups in total. The van der Waals surface area contributed by atoms with Crippen molar-refractivity contribution in [2.24, 2.45) is 0 Å². The number of fused-ring (bicyclic) bond motifs is 1. The van der Waals surface area contributed by atoms with Crippen LogP contribution in [0.4, 0.5) is 0 Å². The summed E-state index contributed by atoms with van der Waals surface area (Å²) in [6.07, 6.45) is 1.77. The molecule has 4 nitrogen and oxygen atoms in total. The van der Waals surface area contributed by atoms with Crippen molar-refractivity contribution in [3.8, 4) is 0 Å². The predicted molar refractivity (Wildman–Crippen MR) is 81.5 cm³/mol. The molecule has 20 heavy (non-hydrogen) atoms. The summed E-state index contributed by atoms with van der Waals surface area (Å²) in [7, 11) is 0. The van der Waals surface area contributed by atoms with Gasteiger partial charge in [-0.2, -0.15) is 0 Å². The first-order valence-corrected chi connectivity index (χ1v) is 6.69. The van der Waals surface area contributed by atoms with Crippen LogP contribution in [0.5, 0.6) is 0 Å². The van der Waals surface area contributed by atoms with Gasteiger partial charge in [-0.15, -0.1) is 0 Å². The lowest BCUT2D eigenvalue weighted by atomic mass is 10.2. The first kappa shape index (κ1) is 12.7. The molecule has 0 radical (unpaired) electrons. The zero-order chi connectivity index (χ0) is 14.1. The Hall–Kier alpha value is -2.27. The molecule has 5 heteroatoms. The van der Waals surface area contributed by atoms with Gasteiger partial charge in [-0.25, -0.2) is 0 Å². The van der Waals surface area contributed by atoms with Gasteiger partial charge in [0.15, 0.2) is 4.77 Å². The molecule has 0 atom stereocenters. The largest absolute Gasteiger partial charge is 0.332 e. The average molecular weight is 283 g/mol. The number of nitrogens with zero attached hydrogens (tertiary/aromatic N) is 2. The maximum atomic E-state index is 12.5. The van der Waals surface area contributed by atoms with Crippen molar-refractivity contribution in [2.75, 3.05) is 0 Å². The maximum Gasteiger partial charge on any atom is 0.262 e. The monoisotopic (exact) mass is 283 g/mol. The van der Waals surface area contributed by atoms with Crippen molar-refractivity contribution in [1.29, 1.82) is 0 Å². The van der Waals surface area contributed by atoms with Crippen LogP contribution in [0.25, 0.3) is 10.9 Å². The van der Waals surface area contributed by atoms with Crippen LogP contribution in [0.2, 0.25) is 0 Å². The molecule has 1 aromatic carbocycles. The van der Waals surface area contributed by atoms with Crippen LogP contribution in [0.1, 0.15) is 11.3 Å². The summed E-state index contributed by atoms with van der Waals surface area (Å²) in [6.45, 7) is 2.35. The number of hydrogen-bond acceptors (Lipinski definition) is 3. The molecule has 0 bridgehead atoms. The van der Waals surface area contributed by atoms with E-state index in [-0.39, 0.29) is 5.56 Å². The highest BCUT2D eigenvalue weighted by atomic mass is 32.1. The molecule has 100 valence electrons. The third-order valence-corrected chi connectivity index (χ3v) is 3.53. The fourth-order valence-electron chi connectivity index (χ4n) is 2.12. The molecule has 3 aromatic rings. The van der Waals surface area contributed by atoms with Crippen LogP contribution in [0.3, 0.4) is 0 Å². The molecule has 0 spiro atoms. The number of H-pyrrole nitrogens is 1. The number of pyridine rings is 1. The molecule has 0 unspecified atom stereocenters. The van der Waals surface area contributed by atoms with Gasteiger partial charge in [0.05, 0.1) is 17.4 Å². The Bertz CT molecular complexity index is 878. The van der Waals surface area contributed by atoms with E-state index in [2.05, 4.69) is 9.97 Å². The van der Waals surface area contributed by atoms with E-state index < -0.39 is 0 Å². The molecule has 0 fully saturated rings. The summed E-state index contributed by atoms with van der Waals surface area (Å²) < 4.78 is 1.98. The van der Waals surface area contributed by atoms with Gasteiger partial charge in [0.25, 0.3) is 5.56 Å². The Morgan fingerprint density at radius 2 is 2.05 bits per heavy atom. The Labute approximate surface area is 120 Å². The standard InChI is InChI=1S/C15H13N3OS/c1-10-6-7-11(8-16-10)9-18-14(19)12-4-2-3-5-13(12)17-15(18)20/h2-8H,9H2,1H3,(H,17,20). The topological polar surface area (TPSA) is 50.7 Å². The quantitative estimate of drug-likeness (QED) is 0.736. The number of hydrogen-bond donors (Lipinski definition) is 1. The second-order valence-electron chi connectivity index (χ2n) is 4.67. The predicted octanol–water partition coefficient (Wildman–Crippen LogP) is 2.81. The minimum atomic E-state index is -0.0788. The van der Waals surface area contributed by atoms with Crippen molar-refractivity contribution in [1.82, 2.24) is 14.5 Å². The van der Waals surface area contributed by atoms with E-state index in [9.17, 15) is 4.79 Å². The summed E-state index contributed by atoms with van der Waals surface area (Å²) >= 11 is 5.28. The van der Waals surface area contributed by atoms with Gasteiger partial charge < -0.3 is 4.98 Å². The van der Waals surface area contributed by atoms with Gasteiger partial charge in [0.2, 0.25) is 0 Å². The molecular formula is C15H13N3OS. The minimum absolute atomic E-state index is 0.0788. The number of para-hydroxylation sites is 1. The van der Waals surface area contributed by atoms with E-state index >= 15 is 0 Å². The number of aromatic nitrogens is 3. The van der Waals surface area contributed by atoms with Gasteiger partial charge >= 0.3 is 0 Å². The number of benzene rings is 1. The lowest BCUT2D eigenvalue weighted by Crippen LogP contribution is -2.22. The van der Waals surface area contributed by atoms with Crippen LogP contribution in [-0.4, -0.2) is 14.5 Å². The SMILES string of the molecule is Cc1ccc(Cn2c(=S)[nH]c3ccccc3c2=O)cn1. The van der Waals surface area contributed by atoms with Crippen molar-refractivity contribution in [3.05, 3.63) is 69.0 Å². The lowest BCUT2D eigenvalue weighted by Gasteiger charge is -2.08. The normalized spacial score (nSPS) is 10.8. The molecule has 0 aliphatic heterocycles. The lowest BCUT2D eigenvalue weighted by molar-refractivity contribution is 0.731. The van der Waals surface area contributed by atoms with Gasteiger partial charge in [-0.05, 0) is 42.9 Å². The highest BCUT2D eigenvalue weighted by molar-refractivity contribution is 7.71. The number of nitrogens with one attached hydrogen (secondary N) is 1. The van der Waals surface area contributed by atoms with Crippen LogP contribution in [0.15, 0.2) is 47.4 Å². The first-order chi connectivity index (χ1) is 9.65. The third-order valence-electron chi connectivity index (χ3n) is 3.20. The van der Waals surface area contributed by atoms with Gasteiger partial charge in [0, 0.05) is 11.9 Å². The second kappa shape index (κ2) is 5.02. The fourth-order valence-corrected chi connectivity index (χ4v) is 2.37. The van der Waals surface area contributed by atoms with Gasteiger partial charge in [-0.3, -0.25) is 14.3 Å².